The zero-order chi connectivity index (χ0) is 13.7. The predicted molar refractivity (Wildman–Crippen MR) is 70.5 cm³/mol. The quantitative estimate of drug-likeness (QED) is 0.890. The van der Waals surface area contributed by atoms with Crippen molar-refractivity contribution >= 4 is 0 Å². The van der Waals surface area contributed by atoms with Gasteiger partial charge < -0.3 is 10.5 Å². The Morgan fingerprint density at radius 1 is 1.05 bits per heavy atom. The summed E-state index contributed by atoms with van der Waals surface area (Å²) in [6.45, 7) is 1.57. The lowest BCUT2D eigenvalue weighted by atomic mass is 9.80. The summed E-state index contributed by atoms with van der Waals surface area (Å²) in [5, 5.41) is 0. The summed E-state index contributed by atoms with van der Waals surface area (Å²) in [5.74, 6) is -0.109. The number of hydrogen-bond acceptors (Lipinski definition) is 2. The normalized spacial score (nSPS) is 23.5. The number of nitrogens with two attached hydrogens (primary N) is 1. The van der Waals surface area contributed by atoms with Gasteiger partial charge in [0, 0.05) is 6.07 Å². The summed E-state index contributed by atoms with van der Waals surface area (Å²) in [4.78, 5) is 0. The molecule has 0 amide bonds. The maximum atomic E-state index is 13.0. The second kappa shape index (κ2) is 6.96. The summed E-state index contributed by atoms with van der Waals surface area (Å²) in [7, 11) is 0. The molecule has 19 heavy (non-hydrogen) atoms. The van der Waals surface area contributed by atoms with Crippen LogP contribution in [0.15, 0.2) is 18.2 Å². The van der Waals surface area contributed by atoms with E-state index in [1.807, 2.05) is 0 Å². The minimum atomic E-state index is -0.559. The van der Waals surface area contributed by atoms with Crippen LogP contribution in [0.5, 0.6) is 0 Å². The molecule has 1 aromatic carbocycles. The first-order valence-corrected chi connectivity index (χ1v) is 6.92. The topological polar surface area (TPSA) is 35.2 Å². The van der Waals surface area contributed by atoms with Gasteiger partial charge in [0.15, 0.2) is 0 Å². The fourth-order valence-electron chi connectivity index (χ4n) is 2.84. The van der Waals surface area contributed by atoms with Gasteiger partial charge >= 0.3 is 0 Å². The Kier molecular flexibility index (Phi) is 5.28. The lowest BCUT2D eigenvalue weighted by Gasteiger charge is -2.30. The van der Waals surface area contributed by atoms with Crippen molar-refractivity contribution in [1.82, 2.24) is 0 Å². The molecule has 106 valence electrons. The molecule has 0 radical (unpaired) electrons. The zero-order valence-corrected chi connectivity index (χ0v) is 11.1. The number of ether oxygens (including phenoxy) is 1. The van der Waals surface area contributed by atoms with Gasteiger partial charge in [-0.25, -0.2) is 8.78 Å². The van der Waals surface area contributed by atoms with E-state index in [-0.39, 0.29) is 6.61 Å². The first-order chi connectivity index (χ1) is 9.19. The second-order valence-electron chi connectivity index (χ2n) is 5.33. The van der Waals surface area contributed by atoms with Crippen molar-refractivity contribution in [2.45, 2.75) is 32.3 Å². The van der Waals surface area contributed by atoms with E-state index in [0.29, 0.717) is 30.6 Å². The third-order valence-corrected chi connectivity index (χ3v) is 3.89. The highest BCUT2D eigenvalue weighted by Crippen LogP contribution is 2.29. The number of rotatable bonds is 5. The van der Waals surface area contributed by atoms with Gasteiger partial charge in [0.25, 0.3) is 0 Å². The summed E-state index contributed by atoms with van der Waals surface area (Å²) in [6, 6.07) is 3.49. The Hall–Kier alpha value is -1.00. The Balaban J connectivity index is 1.82. The van der Waals surface area contributed by atoms with E-state index in [1.54, 1.807) is 0 Å². The van der Waals surface area contributed by atoms with Crippen molar-refractivity contribution in [3.63, 3.8) is 0 Å². The predicted octanol–water partition coefficient (Wildman–Crippen LogP) is 3.25. The van der Waals surface area contributed by atoms with Crippen LogP contribution in [0, 0.1) is 23.5 Å². The minimum absolute atomic E-state index is 0.252. The molecule has 2 atom stereocenters. The zero-order valence-electron chi connectivity index (χ0n) is 11.1. The highest BCUT2D eigenvalue weighted by Gasteiger charge is 2.23. The van der Waals surface area contributed by atoms with Gasteiger partial charge in [-0.3, -0.25) is 0 Å². The Bertz CT molecular complexity index is 391. The summed E-state index contributed by atoms with van der Waals surface area (Å²) < 4.78 is 31.6. The maximum Gasteiger partial charge on any atom is 0.126 e. The SMILES string of the molecule is NCC1CCCCC1COCc1cc(F)cc(F)c1. The van der Waals surface area contributed by atoms with Gasteiger partial charge in [-0.15, -0.1) is 0 Å². The van der Waals surface area contributed by atoms with E-state index >= 15 is 0 Å². The van der Waals surface area contributed by atoms with Gasteiger partial charge in [-0.2, -0.15) is 0 Å². The number of benzene rings is 1. The molecule has 2 nitrogen and oxygen atoms in total. The van der Waals surface area contributed by atoms with Crippen LogP contribution in [-0.4, -0.2) is 13.2 Å². The maximum absolute atomic E-state index is 13.0. The lowest BCUT2D eigenvalue weighted by molar-refractivity contribution is 0.0510. The molecule has 0 saturated heterocycles. The molecule has 2 unspecified atom stereocenters. The standard InChI is InChI=1S/C15H21F2NO/c16-14-5-11(6-15(17)7-14)9-19-10-13-4-2-1-3-12(13)8-18/h5-7,12-13H,1-4,8-10,18H2. The van der Waals surface area contributed by atoms with Crippen molar-refractivity contribution in [3.05, 3.63) is 35.4 Å². The van der Waals surface area contributed by atoms with Crippen LogP contribution >= 0.6 is 0 Å². The summed E-state index contributed by atoms with van der Waals surface area (Å²) in [5.41, 5.74) is 6.30. The molecule has 1 aliphatic rings. The van der Waals surface area contributed by atoms with E-state index in [2.05, 4.69) is 0 Å². The van der Waals surface area contributed by atoms with E-state index < -0.39 is 11.6 Å². The molecule has 0 heterocycles. The Labute approximate surface area is 112 Å². The number of hydrogen-bond donors (Lipinski definition) is 1. The average Bonchev–Trinajstić information content (AvgIpc) is 2.38. The van der Waals surface area contributed by atoms with Gasteiger partial charge in [0.1, 0.15) is 11.6 Å². The van der Waals surface area contributed by atoms with Crippen molar-refractivity contribution in [2.75, 3.05) is 13.2 Å². The number of halogens is 2. The highest BCUT2D eigenvalue weighted by atomic mass is 19.1. The largest absolute Gasteiger partial charge is 0.376 e. The lowest BCUT2D eigenvalue weighted by Crippen LogP contribution is -2.29. The van der Waals surface area contributed by atoms with Crippen LogP contribution in [0.4, 0.5) is 8.78 Å². The molecule has 0 aromatic heterocycles. The van der Waals surface area contributed by atoms with E-state index in [4.69, 9.17) is 10.5 Å². The smallest absolute Gasteiger partial charge is 0.126 e. The molecule has 4 heteroatoms. The van der Waals surface area contributed by atoms with Gasteiger partial charge in [0.05, 0.1) is 13.2 Å². The van der Waals surface area contributed by atoms with Crippen LogP contribution in [0.2, 0.25) is 0 Å². The van der Waals surface area contributed by atoms with Crippen molar-refractivity contribution < 1.29 is 13.5 Å². The first kappa shape index (κ1) is 14.4. The van der Waals surface area contributed by atoms with Crippen LogP contribution in [0.3, 0.4) is 0 Å². The fraction of sp³-hybridized carbons (Fsp3) is 0.600. The van der Waals surface area contributed by atoms with E-state index in [0.717, 1.165) is 12.5 Å². The molecule has 1 aromatic rings. The van der Waals surface area contributed by atoms with Crippen molar-refractivity contribution in [3.8, 4) is 0 Å². The monoisotopic (exact) mass is 269 g/mol. The van der Waals surface area contributed by atoms with Crippen LogP contribution < -0.4 is 5.73 Å². The fourth-order valence-corrected chi connectivity index (χ4v) is 2.84. The van der Waals surface area contributed by atoms with Gasteiger partial charge in [0.2, 0.25) is 0 Å². The molecule has 0 spiro atoms. The van der Waals surface area contributed by atoms with E-state index in [1.165, 1.54) is 31.4 Å². The molecule has 1 aliphatic carbocycles. The molecule has 0 bridgehead atoms. The Morgan fingerprint density at radius 2 is 1.68 bits per heavy atom. The second-order valence-corrected chi connectivity index (χ2v) is 5.33. The van der Waals surface area contributed by atoms with E-state index in [9.17, 15) is 8.78 Å². The van der Waals surface area contributed by atoms with Gasteiger partial charge in [-0.05, 0) is 48.9 Å². The highest BCUT2D eigenvalue weighted by molar-refractivity contribution is 5.16. The molecule has 0 aliphatic heterocycles. The van der Waals surface area contributed by atoms with Crippen molar-refractivity contribution in [1.29, 1.82) is 0 Å². The van der Waals surface area contributed by atoms with Crippen LogP contribution in [-0.2, 0) is 11.3 Å². The molecule has 2 N–H and O–H groups in total. The molecular weight excluding hydrogens is 248 g/mol. The van der Waals surface area contributed by atoms with Crippen LogP contribution in [0.25, 0.3) is 0 Å². The van der Waals surface area contributed by atoms with Gasteiger partial charge in [-0.1, -0.05) is 12.8 Å². The van der Waals surface area contributed by atoms with Crippen LogP contribution in [0.1, 0.15) is 31.2 Å². The molecule has 1 saturated carbocycles. The Morgan fingerprint density at radius 3 is 2.32 bits per heavy atom. The summed E-state index contributed by atoms with van der Waals surface area (Å²) in [6.07, 6.45) is 4.77. The summed E-state index contributed by atoms with van der Waals surface area (Å²) >= 11 is 0. The molecule has 2 rings (SSSR count). The molecule has 1 fully saturated rings. The third-order valence-electron chi connectivity index (χ3n) is 3.89. The van der Waals surface area contributed by atoms with Crippen molar-refractivity contribution in [2.24, 2.45) is 17.6 Å². The minimum Gasteiger partial charge on any atom is -0.376 e. The average molecular weight is 269 g/mol. The molecular formula is C15H21F2NO. The third kappa shape index (κ3) is 4.25. The first-order valence-electron chi connectivity index (χ1n) is 6.92.